The highest BCUT2D eigenvalue weighted by atomic mass is 32.2. The minimum absolute atomic E-state index is 0.200. The second-order valence-corrected chi connectivity index (χ2v) is 7.78. The fourth-order valence-electron chi connectivity index (χ4n) is 1.33. The van der Waals surface area contributed by atoms with E-state index in [1.165, 1.54) is 0 Å². The molecule has 0 spiro atoms. The summed E-state index contributed by atoms with van der Waals surface area (Å²) in [5, 5.41) is 0. The van der Waals surface area contributed by atoms with Crippen LogP contribution in [0.2, 0.25) is 0 Å². The zero-order valence-electron chi connectivity index (χ0n) is 9.47. The molecule has 96 valence electrons. The first-order valence-electron chi connectivity index (χ1n) is 4.91. The lowest BCUT2D eigenvalue weighted by Gasteiger charge is -2.06. The number of hydrogen-bond donors (Lipinski definition) is 0. The van der Waals surface area contributed by atoms with E-state index in [9.17, 15) is 21.2 Å². The van der Waals surface area contributed by atoms with Gasteiger partial charge in [0, 0.05) is 6.26 Å². The molecule has 7 heteroatoms. The van der Waals surface area contributed by atoms with Crippen molar-refractivity contribution in [3.8, 4) is 0 Å². The van der Waals surface area contributed by atoms with Gasteiger partial charge in [0.15, 0.2) is 19.7 Å². The number of hydrogen-bond acceptors (Lipinski definition) is 4. The zero-order valence-corrected chi connectivity index (χ0v) is 11.1. The standard InChI is InChI=1S/C10H13FO4S2/c1-3-6-17(14,15)10-7-8(16(2,12)13)4-5-9(10)11/h4-5,7H,3,6H2,1-2H3. The van der Waals surface area contributed by atoms with Crippen LogP contribution in [-0.4, -0.2) is 28.8 Å². The molecule has 0 radical (unpaired) electrons. The van der Waals surface area contributed by atoms with Gasteiger partial charge >= 0.3 is 0 Å². The van der Waals surface area contributed by atoms with E-state index in [0.717, 1.165) is 24.5 Å². The Balaban J connectivity index is 3.45. The lowest BCUT2D eigenvalue weighted by atomic mass is 10.3. The maximum Gasteiger partial charge on any atom is 0.181 e. The topological polar surface area (TPSA) is 68.3 Å². The van der Waals surface area contributed by atoms with Crippen LogP contribution in [0.25, 0.3) is 0 Å². The number of benzene rings is 1. The average molecular weight is 280 g/mol. The second-order valence-electron chi connectivity index (χ2n) is 3.68. The molecule has 1 aromatic rings. The van der Waals surface area contributed by atoms with Crippen LogP contribution in [0.1, 0.15) is 13.3 Å². The van der Waals surface area contributed by atoms with Crippen molar-refractivity contribution in [3.63, 3.8) is 0 Å². The SMILES string of the molecule is CCCS(=O)(=O)c1cc(S(C)(=O)=O)ccc1F. The van der Waals surface area contributed by atoms with Crippen LogP contribution < -0.4 is 0 Å². The Kier molecular flexibility index (Phi) is 3.93. The van der Waals surface area contributed by atoms with E-state index in [1.54, 1.807) is 6.92 Å². The fourth-order valence-corrected chi connectivity index (χ4v) is 3.48. The molecule has 0 N–H and O–H groups in total. The Morgan fingerprint density at radius 2 is 1.76 bits per heavy atom. The van der Waals surface area contributed by atoms with Crippen LogP contribution in [0, 0.1) is 5.82 Å². The van der Waals surface area contributed by atoms with Crippen molar-refractivity contribution < 1.29 is 21.2 Å². The third-order valence-corrected chi connectivity index (χ3v) is 5.18. The molecule has 0 amide bonds. The Morgan fingerprint density at radius 1 is 1.18 bits per heavy atom. The lowest BCUT2D eigenvalue weighted by Crippen LogP contribution is -2.09. The van der Waals surface area contributed by atoms with Gasteiger partial charge in [-0.15, -0.1) is 0 Å². The van der Waals surface area contributed by atoms with Gasteiger partial charge < -0.3 is 0 Å². The predicted octanol–water partition coefficient (Wildman–Crippen LogP) is 1.41. The van der Waals surface area contributed by atoms with Gasteiger partial charge in [-0.25, -0.2) is 21.2 Å². The van der Waals surface area contributed by atoms with Crippen molar-refractivity contribution >= 4 is 19.7 Å². The van der Waals surface area contributed by atoms with Crippen LogP contribution in [-0.2, 0) is 19.7 Å². The molecule has 1 aromatic carbocycles. The Bertz CT molecular complexity index is 618. The predicted molar refractivity (Wildman–Crippen MR) is 61.9 cm³/mol. The summed E-state index contributed by atoms with van der Waals surface area (Å²) in [5.74, 6) is -1.14. The molecular formula is C10H13FO4S2. The highest BCUT2D eigenvalue weighted by molar-refractivity contribution is 7.92. The van der Waals surface area contributed by atoms with Crippen molar-refractivity contribution in [3.05, 3.63) is 24.0 Å². The van der Waals surface area contributed by atoms with Crippen molar-refractivity contribution in [2.45, 2.75) is 23.1 Å². The fraction of sp³-hybridized carbons (Fsp3) is 0.400. The van der Waals surface area contributed by atoms with Crippen LogP contribution in [0.15, 0.2) is 28.0 Å². The van der Waals surface area contributed by atoms with Gasteiger partial charge in [0.25, 0.3) is 0 Å². The maximum atomic E-state index is 13.4. The molecule has 0 heterocycles. The molecule has 0 aliphatic carbocycles. The highest BCUT2D eigenvalue weighted by Gasteiger charge is 2.21. The zero-order chi connectivity index (χ0) is 13.3. The summed E-state index contributed by atoms with van der Waals surface area (Å²) in [6.07, 6.45) is 1.28. The number of sulfone groups is 2. The van der Waals surface area contributed by atoms with Gasteiger partial charge in [0.05, 0.1) is 10.6 Å². The molecule has 17 heavy (non-hydrogen) atoms. The summed E-state index contributed by atoms with van der Waals surface area (Å²) in [6, 6.07) is 2.78. The Morgan fingerprint density at radius 3 is 2.24 bits per heavy atom. The van der Waals surface area contributed by atoms with E-state index in [0.29, 0.717) is 6.42 Å². The van der Waals surface area contributed by atoms with Crippen molar-refractivity contribution in [1.29, 1.82) is 0 Å². The minimum Gasteiger partial charge on any atom is -0.224 e. The first kappa shape index (κ1) is 14.1. The van der Waals surface area contributed by atoms with Gasteiger partial charge in [0.1, 0.15) is 10.7 Å². The summed E-state index contributed by atoms with van der Waals surface area (Å²) in [4.78, 5) is -0.754. The normalized spacial score (nSPS) is 12.6. The van der Waals surface area contributed by atoms with E-state index in [4.69, 9.17) is 0 Å². The quantitative estimate of drug-likeness (QED) is 0.782. The molecule has 0 fully saturated rings. The molecule has 0 aliphatic rings. The van der Waals surface area contributed by atoms with Crippen LogP contribution >= 0.6 is 0 Å². The van der Waals surface area contributed by atoms with E-state index in [1.807, 2.05) is 0 Å². The first-order chi connectivity index (χ1) is 7.68. The largest absolute Gasteiger partial charge is 0.224 e. The average Bonchev–Trinajstić information content (AvgIpc) is 2.15. The van der Waals surface area contributed by atoms with Crippen LogP contribution in [0.4, 0.5) is 4.39 Å². The van der Waals surface area contributed by atoms with Crippen molar-refractivity contribution in [2.75, 3.05) is 12.0 Å². The third-order valence-electron chi connectivity index (χ3n) is 2.14. The molecule has 0 saturated heterocycles. The van der Waals surface area contributed by atoms with Crippen molar-refractivity contribution in [2.24, 2.45) is 0 Å². The first-order valence-corrected chi connectivity index (χ1v) is 8.45. The molecule has 0 aromatic heterocycles. The Hall–Kier alpha value is -0.950. The third kappa shape index (κ3) is 3.26. The maximum absolute atomic E-state index is 13.4. The van der Waals surface area contributed by atoms with Gasteiger partial charge in [-0.2, -0.15) is 0 Å². The monoisotopic (exact) mass is 280 g/mol. The van der Waals surface area contributed by atoms with Crippen LogP contribution in [0.3, 0.4) is 0 Å². The van der Waals surface area contributed by atoms with Gasteiger partial charge in [0.2, 0.25) is 0 Å². The van der Waals surface area contributed by atoms with E-state index in [-0.39, 0.29) is 10.6 Å². The molecule has 0 aliphatic heterocycles. The molecule has 4 nitrogen and oxygen atoms in total. The number of rotatable bonds is 4. The van der Waals surface area contributed by atoms with E-state index in [2.05, 4.69) is 0 Å². The van der Waals surface area contributed by atoms with Crippen LogP contribution in [0.5, 0.6) is 0 Å². The van der Waals surface area contributed by atoms with E-state index >= 15 is 0 Å². The molecule has 0 unspecified atom stereocenters. The molecule has 0 atom stereocenters. The highest BCUT2D eigenvalue weighted by Crippen LogP contribution is 2.21. The van der Waals surface area contributed by atoms with Gasteiger partial charge in [-0.05, 0) is 24.6 Å². The molecule has 1 rings (SSSR count). The number of halogens is 1. The summed E-state index contributed by atoms with van der Waals surface area (Å²) >= 11 is 0. The Labute approximate surface area is 100 Å². The molecular weight excluding hydrogens is 267 g/mol. The second kappa shape index (κ2) is 4.73. The summed E-state index contributed by atoms with van der Waals surface area (Å²) in [7, 11) is -7.31. The smallest absolute Gasteiger partial charge is 0.181 e. The summed E-state index contributed by atoms with van der Waals surface area (Å²) in [6.45, 7) is 1.65. The lowest BCUT2D eigenvalue weighted by molar-refractivity contribution is 0.564. The summed E-state index contributed by atoms with van der Waals surface area (Å²) in [5.41, 5.74) is 0. The minimum atomic E-state index is -3.76. The molecule has 0 saturated carbocycles. The van der Waals surface area contributed by atoms with Gasteiger partial charge in [-0.1, -0.05) is 6.92 Å². The molecule has 0 bridgehead atoms. The summed E-state index contributed by atoms with van der Waals surface area (Å²) < 4.78 is 59.3. The van der Waals surface area contributed by atoms with Gasteiger partial charge in [-0.3, -0.25) is 0 Å². The van der Waals surface area contributed by atoms with E-state index < -0.39 is 30.4 Å². The van der Waals surface area contributed by atoms with Crippen molar-refractivity contribution in [1.82, 2.24) is 0 Å².